The lowest BCUT2D eigenvalue weighted by Crippen LogP contribution is -2.58. The minimum atomic E-state index is -0.404. The number of amides is 1. The summed E-state index contributed by atoms with van der Waals surface area (Å²) in [6, 6.07) is 13.1. The van der Waals surface area contributed by atoms with Crippen LogP contribution in [-0.2, 0) is 0 Å². The number of nitro groups is 1. The van der Waals surface area contributed by atoms with Crippen LogP contribution in [0.2, 0.25) is 0 Å². The van der Waals surface area contributed by atoms with Gasteiger partial charge in [-0.15, -0.1) is 0 Å². The Kier molecular flexibility index (Phi) is 7.21. The fraction of sp³-hybridized carbons (Fsp3) is 0.480. The zero-order valence-corrected chi connectivity index (χ0v) is 20.0. The number of carbonyl (C=O) groups is 1. The first-order chi connectivity index (χ1) is 16.4. The topological polar surface area (TPSA) is 88.4 Å². The molecule has 9 nitrogen and oxygen atoms in total. The van der Waals surface area contributed by atoms with Gasteiger partial charge in [-0.25, -0.2) is 4.79 Å². The van der Waals surface area contributed by atoms with E-state index in [0.717, 1.165) is 50.3 Å². The molecule has 0 radical (unpaired) electrons. The summed E-state index contributed by atoms with van der Waals surface area (Å²) in [5.74, 6) is 0.854. The number of aryl methyl sites for hydroxylation is 1. The van der Waals surface area contributed by atoms with Gasteiger partial charge in [-0.05, 0) is 44.4 Å². The number of carbonyl (C=O) groups excluding carboxylic acids is 1. The summed E-state index contributed by atoms with van der Waals surface area (Å²) in [6.07, 6.45) is 1.70. The highest BCUT2D eigenvalue weighted by molar-refractivity contribution is 5.71. The van der Waals surface area contributed by atoms with Gasteiger partial charge in [0.1, 0.15) is 5.75 Å². The lowest BCUT2D eigenvalue weighted by Gasteiger charge is -2.45. The molecule has 1 amide bonds. The molecule has 0 bridgehead atoms. The molecule has 9 heteroatoms. The maximum Gasteiger partial charge on any atom is 0.415 e. The van der Waals surface area contributed by atoms with E-state index in [-0.39, 0.29) is 17.8 Å². The number of nitrogens with zero attached hydrogens (tertiary/aromatic N) is 4. The SMILES string of the molecule is COc1cc(N2CCC(N3CCN(C(=O)Oc4ccccc4)C(C)C3)CC2)c(C)cc1[N+](=O)[O-]. The standard InChI is InChI=1S/C25H32N4O5/c1-18-15-23(29(31)32)24(33-3)16-22(18)26-11-9-20(10-12-26)27-13-14-28(19(2)17-27)25(30)34-21-7-5-4-6-8-21/h4-8,15-16,19-20H,9-14,17H2,1-3H3. The van der Waals surface area contributed by atoms with Crippen LogP contribution < -0.4 is 14.4 Å². The largest absolute Gasteiger partial charge is 0.490 e. The Morgan fingerprint density at radius 2 is 1.79 bits per heavy atom. The van der Waals surface area contributed by atoms with Crippen molar-refractivity contribution in [1.29, 1.82) is 0 Å². The van der Waals surface area contributed by atoms with Gasteiger partial charge in [-0.3, -0.25) is 15.0 Å². The van der Waals surface area contributed by atoms with E-state index in [0.29, 0.717) is 24.1 Å². The van der Waals surface area contributed by atoms with Crippen molar-refractivity contribution in [1.82, 2.24) is 9.80 Å². The molecule has 4 rings (SSSR count). The summed E-state index contributed by atoms with van der Waals surface area (Å²) in [6.45, 7) is 8.01. The fourth-order valence-electron chi connectivity index (χ4n) is 5.02. The number of nitro benzene ring substituents is 1. The molecule has 34 heavy (non-hydrogen) atoms. The second kappa shape index (κ2) is 10.3. The molecular formula is C25H32N4O5. The summed E-state index contributed by atoms with van der Waals surface area (Å²) in [7, 11) is 1.46. The van der Waals surface area contributed by atoms with E-state index in [2.05, 4.69) is 16.7 Å². The molecule has 2 fully saturated rings. The first-order valence-electron chi connectivity index (χ1n) is 11.7. The van der Waals surface area contributed by atoms with E-state index in [1.165, 1.54) is 7.11 Å². The van der Waals surface area contributed by atoms with E-state index in [9.17, 15) is 14.9 Å². The second-order valence-corrected chi connectivity index (χ2v) is 9.00. The van der Waals surface area contributed by atoms with Crippen LogP contribution in [0.1, 0.15) is 25.3 Å². The number of anilines is 1. The highest BCUT2D eigenvalue weighted by atomic mass is 16.6. The predicted molar refractivity (Wildman–Crippen MR) is 130 cm³/mol. The lowest BCUT2D eigenvalue weighted by atomic mass is 9.99. The third-order valence-electron chi connectivity index (χ3n) is 6.86. The molecule has 2 saturated heterocycles. The minimum Gasteiger partial charge on any atom is -0.490 e. The number of para-hydroxylation sites is 1. The van der Waals surface area contributed by atoms with E-state index in [1.54, 1.807) is 24.3 Å². The van der Waals surface area contributed by atoms with Crippen molar-refractivity contribution in [3.8, 4) is 11.5 Å². The molecule has 0 N–H and O–H groups in total. The van der Waals surface area contributed by atoms with Crippen LogP contribution in [-0.4, -0.2) is 72.7 Å². The predicted octanol–water partition coefficient (Wildman–Crippen LogP) is 4.09. The summed E-state index contributed by atoms with van der Waals surface area (Å²) in [5.41, 5.74) is 1.86. The quantitative estimate of drug-likeness (QED) is 0.482. The van der Waals surface area contributed by atoms with Crippen molar-refractivity contribution >= 4 is 17.5 Å². The number of hydrogen-bond acceptors (Lipinski definition) is 7. The van der Waals surface area contributed by atoms with Crippen LogP contribution in [0, 0.1) is 17.0 Å². The smallest absolute Gasteiger partial charge is 0.415 e. The summed E-state index contributed by atoms with van der Waals surface area (Å²) >= 11 is 0. The van der Waals surface area contributed by atoms with Gasteiger partial charge in [0.25, 0.3) is 0 Å². The number of rotatable bonds is 5. The van der Waals surface area contributed by atoms with Crippen LogP contribution in [0.5, 0.6) is 11.5 Å². The van der Waals surface area contributed by atoms with E-state index in [4.69, 9.17) is 9.47 Å². The molecule has 0 aromatic heterocycles. The molecule has 2 aliphatic rings. The number of hydrogen-bond donors (Lipinski definition) is 0. The number of piperidine rings is 1. The molecule has 0 spiro atoms. The van der Waals surface area contributed by atoms with Crippen molar-refractivity contribution in [3.63, 3.8) is 0 Å². The van der Waals surface area contributed by atoms with Crippen molar-refractivity contribution < 1.29 is 19.2 Å². The van der Waals surface area contributed by atoms with Crippen molar-refractivity contribution in [3.05, 3.63) is 58.1 Å². The second-order valence-electron chi connectivity index (χ2n) is 9.00. The molecule has 0 saturated carbocycles. The average Bonchev–Trinajstić information content (AvgIpc) is 2.84. The zero-order valence-electron chi connectivity index (χ0n) is 20.0. The Bertz CT molecular complexity index is 1020. The van der Waals surface area contributed by atoms with Gasteiger partial charge < -0.3 is 19.3 Å². The molecule has 1 unspecified atom stereocenters. The highest BCUT2D eigenvalue weighted by Gasteiger charge is 2.34. The van der Waals surface area contributed by atoms with Crippen molar-refractivity contribution in [2.45, 2.75) is 38.8 Å². The molecular weight excluding hydrogens is 436 g/mol. The van der Waals surface area contributed by atoms with Gasteiger partial charge in [-0.2, -0.15) is 0 Å². The number of benzene rings is 2. The highest BCUT2D eigenvalue weighted by Crippen LogP contribution is 2.36. The third kappa shape index (κ3) is 5.09. The van der Waals surface area contributed by atoms with Crippen molar-refractivity contribution in [2.75, 3.05) is 44.7 Å². The van der Waals surface area contributed by atoms with Gasteiger partial charge in [0.15, 0.2) is 5.75 Å². The van der Waals surface area contributed by atoms with Crippen LogP contribution in [0.15, 0.2) is 42.5 Å². The van der Waals surface area contributed by atoms with Crippen LogP contribution in [0.3, 0.4) is 0 Å². The zero-order chi connectivity index (χ0) is 24.2. The molecule has 0 aliphatic carbocycles. The number of methoxy groups -OCH3 is 1. The lowest BCUT2D eigenvalue weighted by molar-refractivity contribution is -0.385. The molecule has 182 valence electrons. The Hall–Kier alpha value is -3.33. The van der Waals surface area contributed by atoms with Gasteiger partial charge in [0.2, 0.25) is 0 Å². The molecule has 1 atom stereocenters. The number of piperazine rings is 1. The first kappa shape index (κ1) is 23.8. The van der Waals surface area contributed by atoms with E-state index >= 15 is 0 Å². The molecule has 2 aromatic rings. The first-order valence-corrected chi connectivity index (χ1v) is 11.7. The average molecular weight is 469 g/mol. The van der Waals surface area contributed by atoms with E-state index < -0.39 is 4.92 Å². The van der Waals surface area contributed by atoms with Gasteiger partial charge in [-0.1, -0.05) is 18.2 Å². The molecule has 2 aromatic carbocycles. The summed E-state index contributed by atoms with van der Waals surface area (Å²) in [5, 5.41) is 11.3. The van der Waals surface area contributed by atoms with Gasteiger partial charge >= 0.3 is 11.8 Å². The van der Waals surface area contributed by atoms with Gasteiger partial charge in [0, 0.05) is 62.6 Å². The van der Waals surface area contributed by atoms with Crippen LogP contribution >= 0.6 is 0 Å². The minimum absolute atomic E-state index is 0.00344. The molecule has 2 aliphatic heterocycles. The summed E-state index contributed by atoms with van der Waals surface area (Å²) in [4.78, 5) is 30.1. The maximum atomic E-state index is 12.6. The Balaban J connectivity index is 1.33. The monoisotopic (exact) mass is 468 g/mol. The van der Waals surface area contributed by atoms with E-state index in [1.807, 2.05) is 30.0 Å². The maximum absolute atomic E-state index is 12.6. The van der Waals surface area contributed by atoms with Gasteiger partial charge in [0.05, 0.1) is 12.0 Å². The molecule has 2 heterocycles. The normalized spacial score (nSPS) is 19.7. The Morgan fingerprint density at radius 3 is 2.41 bits per heavy atom. The third-order valence-corrected chi connectivity index (χ3v) is 6.86. The Morgan fingerprint density at radius 1 is 1.09 bits per heavy atom. The van der Waals surface area contributed by atoms with Crippen molar-refractivity contribution in [2.24, 2.45) is 0 Å². The fourth-order valence-corrected chi connectivity index (χ4v) is 5.02. The van der Waals surface area contributed by atoms with Crippen LogP contribution in [0.25, 0.3) is 0 Å². The number of ether oxygens (including phenoxy) is 2. The van der Waals surface area contributed by atoms with Crippen LogP contribution in [0.4, 0.5) is 16.2 Å². The summed E-state index contributed by atoms with van der Waals surface area (Å²) < 4.78 is 10.8. The Labute approximate surface area is 200 Å².